The van der Waals surface area contributed by atoms with E-state index in [9.17, 15) is 43.2 Å². The highest BCUT2D eigenvalue weighted by molar-refractivity contribution is 7.57. The van der Waals surface area contributed by atoms with Gasteiger partial charge in [-0.2, -0.15) is 0 Å². The van der Waals surface area contributed by atoms with Gasteiger partial charge in [0.25, 0.3) is 0 Å². The Kier molecular flexibility index (Phi) is 13.4. The summed E-state index contributed by atoms with van der Waals surface area (Å²) in [7, 11) is -7.76. The zero-order chi connectivity index (χ0) is 27.6. The molecule has 1 fully saturated rings. The molecule has 6 N–H and O–H groups in total. The average molecular weight is 579 g/mol. The topological polar surface area (TPSA) is 234 Å². The number of rotatable bonds is 15. The Morgan fingerprint density at radius 3 is 1.42 bits per heavy atom. The zero-order valence-corrected chi connectivity index (χ0v) is 23.0. The standard InChI is InChI=1S/C18H36N3O12P3/c22-14(23)1-4-17(28,34-30)20-8-6-19(13-36(32,33)12-3-16(26)27)7-9-21(11-10-20)18(29,35-31)5-2-15(24)25/h28-29H,1-13,34-35H2,(H,22,23)(H,24,25)(H,26,27)(H,32,33). The van der Waals surface area contributed by atoms with E-state index >= 15 is 0 Å². The molecule has 1 aliphatic rings. The minimum absolute atomic E-state index is 0.00405. The minimum Gasteiger partial charge on any atom is -0.481 e. The van der Waals surface area contributed by atoms with Crippen LogP contribution in [0.3, 0.4) is 0 Å². The Balaban J connectivity index is 3.25. The van der Waals surface area contributed by atoms with E-state index in [1.165, 1.54) is 14.7 Å². The Labute approximate surface area is 210 Å². The van der Waals surface area contributed by atoms with Crippen LogP contribution in [0.25, 0.3) is 0 Å². The van der Waals surface area contributed by atoms with E-state index in [0.717, 1.165) is 0 Å². The normalized spacial score (nSPS) is 22.4. The molecule has 0 aromatic rings. The van der Waals surface area contributed by atoms with Crippen molar-refractivity contribution < 1.29 is 58.5 Å². The van der Waals surface area contributed by atoms with E-state index in [1.807, 2.05) is 0 Å². The molecule has 210 valence electrons. The molecular weight excluding hydrogens is 543 g/mol. The summed E-state index contributed by atoms with van der Waals surface area (Å²) in [4.78, 5) is 47.3. The highest BCUT2D eigenvalue weighted by atomic mass is 31.2. The molecule has 1 aliphatic heterocycles. The van der Waals surface area contributed by atoms with Crippen LogP contribution < -0.4 is 0 Å². The summed E-state index contributed by atoms with van der Waals surface area (Å²) >= 11 is 0. The highest BCUT2D eigenvalue weighted by Gasteiger charge is 2.39. The van der Waals surface area contributed by atoms with Gasteiger partial charge in [0.05, 0.1) is 12.7 Å². The second kappa shape index (κ2) is 14.7. The molecule has 1 rings (SSSR count). The van der Waals surface area contributed by atoms with Crippen LogP contribution in [0.2, 0.25) is 0 Å². The number of carboxylic acid groups (broad SMARTS) is 3. The van der Waals surface area contributed by atoms with Crippen LogP contribution in [-0.4, -0.2) is 126 Å². The Bertz CT molecular complexity index is 816. The second-order valence-electron chi connectivity index (χ2n) is 8.73. The van der Waals surface area contributed by atoms with E-state index in [4.69, 9.17) is 15.3 Å². The number of aliphatic hydroxyl groups is 2. The van der Waals surface area contributed by atoms with E-state index in [1.54, 1.807) is 0 Å². The van der Waals surface area contributed by atoms with Gasteiger partial charge in [-0.1, -0.05) is 0 Å². The summed E-state index contributed by atoms with van der Waals surface area (Å²) in [6.45, 7) is -0.00435. The molecule has 0 radical (unpaired) electrons. The predicted octanol–water partition coefficient (Wildman–Crippen LogP) is -0.857. The van der Waals surface area contributed by atoms with Crippen molar-refractivity contribution in [3.8, 4) is 0 Å². The van der Waals surface area contributed by atoms with Gasteiger partial charge in [0.1, 0.15) is 16.9 Å². The SMILES string of the molecule is O=[PH2]C(O)(CCC(=O)O)N1CCN(CP(=O)(O)CCC(=O)O)CCN(C(O)(CCC(=O)O)[PH2]=O)CC1. The van der Waals surface area contributed by atoms with Gasteiger partial charge in [0.15, 0.2) is 10.9 Å². The average Bonchev–Trinajstić information content (AvgIpc) is 2.90. The number of carbonyl (C=O) groups is 3. The van der Waals surface area contributed by atoms with Gasteiger partial charge in [-0.25, -0.2) is 0 Å². The van der Waals surface area contributed by atoms with Crippen LogP contribution in [0.5, 0.6) is 0 Å². The molecule has 0 bridgehead atoms. The minimum atomic E-state index is -3.93. The summed E-state index contributed by atoms with van der Waals surface area (Å²) in [6.07, 6.45) is -3.12. The summed E-state index contributed by atoms with van der Waals surface area (Å²) in [5, 5.41) is 48.8. The molecular formula is C18H36N3O12P3. The molecule has 0 aromatic heterocycles. The van der Waals surface area contributed by atoms with Gasteiger partial charge < -0.3 is 39.6 Å². The molecule has 1 heterocycles. The van der Waals surface area contributed by atoms with Crippen molar-refractivity contribution in [1.82, 2.24) is 14.7 Å². The third kappa shape index (κ3) is 11.1. The maximum atomic E-state index is 12.6. The highest BCUT2D eigenvalue weighted by Crippen LogP contribution is 2.42. The van der Waals surface area contributed by atoms with Gasteiger partial charge in [-0.05, 0) is 0 Å². The molecule has 1 saturated heterocycles. The lowest BCUT2D eigenvalue weighted by Gasteiger charge is -2.39. The van der Waals surface area contributed by atoms with Crippen molar-refractivity contribution in [1.29, 1.82) is 0 Å². The van der Waals surface area contributed by atoms with Crippen molar-refractivity contribution in [2.75, 3.05) is 51.7 Å². The van der Waals surface area contributed by atoms with Crippen LogP contribution in [0.15, 0.2) is 0 Å². The van der Waals surface area contributed by atoms with E-state index in [-0.39, 0.29) is 52.1 Å². The Morgan fingerprint density at radius 1 is 0.722 bits per heavy atom. The fourth-order valence-corrected chi connectivity index (χ4v) is 6.76. The predicted molar refractivity (Wildman–Crippen MR) is 131 cm³/mol. The van der Waals surface area contributed by atoms with Crippen LogP contribution in [0.4, 0.5) is 0 Å². The molecule has 15 nitrogen and oxygen atoms in total. The number of hydrogen-bond donors (Lipinski definition) is 6. The lowest BCUT2D eigenvalue weighted by atomic mass is 10.2. The first-order valence-electron chi connectivity index (χ1n) is 11.2. The molecule has 0 spiro atoms. The molecule has 36 heavy (non-hydrogen) atoms. The van der Waals surface area contributed by atoms with Crippen LogP contribution in [-0.2, 0) is 28.1 Å². The quantitative estimate of drug-likeness (QED) is 0.130. The van der Waals surface area contributed by atoms with Crippen molar-refractivity contribution in [3.63, 3.8) is 0 Å². The Hall–Kier alpha value is -1.14. The van der Waals surface area contributed by atoms with Gasteiger partial charge in [0.2, 0.25) is 7.37 Å². The number of nitrogens with zero attached hydrogens (tertiary/aromatic N) is 3. The molecule has 0 amide bonds. The van der Waals surface area contributed by atoms with Crippen LogP contribution >= 0.6 is 24.3 Å². The lowest BCUT2D eigenvalue weighted by Crippen LogP contribution is -2.52. The van der Waals surface area contributed by atoms with Gasteiger partial charge in [-0.3, -0.25) is 33.6 Å². The smallest absolute Gasteiger partial charge is 0.303 e. The molecule has 5 atom stereocenters. The van der Waals surface area contributed by atoms with Gasteiger partial charge in [-0.15, -0.1) is 0 Å². The van der Waals surface area contributed by atoms with Crippen molar-refractivity contribution in [2.45, 2.75) is 43.0 Å². The second-order valence-corrected chi connectivity index (χ2v) is 13.5. The summed E-state index contributed by atoms with van der Waals surface area (Å²) < 4.78 is 36.6. The van der Waals surface area contributed by atoms with Crippen LogP contribution in [0, 0.1) is 0 Å². The fourth-order valence-electron chi connectivity index (χ4n) is 3.84. The Morgan fingerprint density at radius 2 is 1.08 bits per heavy atom. The first-order chi connectivity index (χ1) is 16.7. The monoisotopic (exact) mass is 579 g/mol. The maximum Gasteiger partial charge on any atom is 0.303 e. The zero-order valence-electron chi connectivity index (χ0n) is 19.8. The van der Waals surface area contributed by atoms with Gasteiger partial charge in [0, 0.05) is 71.1 Å². The van der Waals surface area contributed by atoms with E-state index in [0.29, 0.717) is 0 Å². The lowest BCUT2D eigenvalue weighted by molar-refractivity contribution is -0.140. The summed E-state index contributed by atoms with van der Waals surface area (Å²) in [5.41, 5.74) is -4.01. The first-order valence-corrected chi connectivity index (χ1v) is 15.4. The van der Waals surface area contributed by atoms with Crippen molar-refractivity contribution in [2.24, 2.45) is 0 Å². The van der Waals surface area contributed by atoms with Crippen molar-refractivity contribution >= 4 is 42.2 Å². The van der Waals surface area contributed by atoms with E-state index in [2.05, 4.69) is 0 Å². The summed E-state index contributed by atoms with van der Waals surface area (Å²) in [5.74, 6) is -3.67. The summed E-state index contributed by atoms with van der Waals surface area (Å²) in [6, 6.07) is 0. The molecule has 5 unspecified atom stereocenters. The number of aliphatic carboxylic acids is 3. The molecule has 0 aromatic carbocycles. The molecule has 0 aliphatic carbocycles. The number of hydrogen-bond acceptors (Lipinski definition) is 11. The third-order valence-corrected chi connectivity index (χ3v) is 9.82. The first kappa shape index (κ1) is 32.9. The number of carboxylic acids is 3. The fraction of sp³-hybridized carbons (Fsp3) is 0.833. The molecule has 0 saturated carbocycles. The largest absolute Gasteiger partial charge is 0.481 e. The van der Waals surface area contributed by atoms with Crippen molar-refractivity contribution in [3.05, 3.63) is 0 Å². The van der Waals surface area contributed by atoms with Gasteiger partial charge >= 0.3 is 17.9 Å². The molecule has 18 heteroatoms. The maximum absolute atomic E-state index is 12.6. The van der Waals surface area contributed by atoms with Crippen LogP contribution in [0.1, 0.15) is 32.1 Å². The third-order valence-electron chi connectivity index (χ3n) is 5.99. The van der Waals surface area contributed by atoms with E-state index < -0.39 is 84.8 Å².